The van der Waals surface area contributed by atoms with Gasteiger partial charge in [-0.1, -0.05) is 91.0 Å². The molecule has 0 amide bonds. The van der Waals surface area contributed by atoms with Gasteiger partial charge in [0.1, 0.15) is 18.3 Å². The summed E-state index contributed by atoms with van der Waals surface area (Å²) in [6, 6.07) is 30.6. The predicted molar refractivity (Wildman–Crippen MR) is 133 cm³/mol. The van der Waals surface area contributed by atoms with Crippen molar-refractivity contribution in [1.29, 1.82) is 0 Å². The smallest absolute Gasteiger partial charge is 0.164 e. The largest absolute Gasteiger partial charge is 0.371 e. The van der Waals surface area contributed by atoms with Crippen LogP contribution in [0.5, 0.6) is 0 Å². The zero-order chi connectivity index (χ0) is 24.1. The van der Waals surface area contributed by atoms with Crippen molar-refractivity contribution in [3.8, 4) is 0 Å². The van der Waals surface area contributed by atoms with Gasteiger partial charge in [0.2, 0.25) is 0 Å². The molecule has 3 aromatic rings. The van der Waals surface area contributed by atoms with Crippen molar-refractivity contribution in [2.45, 2.75) is 76.4 Å². The second kappa shape index (κ2) is 11.0. The number of hydrogen-bond donors (Lipinski definition) is 0. The molecule has 5 nitrogen and oxygen atoms in total. The highest BCUT2D eigenvalue weighted by Gasteiger charge is 2.55. The molecule has 3 aromatic carbocycles. The van der Waals surface area contributed by atoms with Gasteiger partial charge in [-0.15, -0.1) is 0 Å². The fourth-order valence-corrected chi connectivity index (χ4v) is 4.92. The van der Waals surface area contributed by atoms with Crippen LogP contribution in [0.1, 0.15) is 37.0 Å². The van der Waals surface area contributed by atoms with Crippen molar-refractivity contribution in [3.05, 3.63) is 108 Å². The monoisotopic (exact) mass is 474 g/mol. The molecule has 1 aliphatic heterocycles. The standard InChI is InChI=1S/C30H34O5/c1-30(2)34-28-26(32-20-23-14-8-4-9-15-23)18-25(31-19-22-12-6-3-7-13-22)27(29(28)35-30)33-21-24-16-10-5-11-17-24/h3-17,25-29H,18-21H2,1-2H3/t25-,26-,27?,28?,29-/m1/s1. The highest BCUT2D eigenvalue weighted by atomic mass is 16.8. The van der Waals surface area contributed by atoms with Crippen LogP contribution in [0, 0.1) is 0 Å². The summed E-state index contributed by atoms with van der Waals surface area (Å²) in [6.07, 6.45) is -0.491. The Labute approximate surface area is 207 Å². The van der Waals surface area contributed by atoms with Crippen molar-refractivity contribution in [1.82, 2.24) is 0 Å². The van der Waals surface area contributed by atoms with Gasteiger partial charge in [-0.05, 0) is 30.5 Å². The minimum absolute atomic E-state index is 0.167. The minimum atomic E-state index is -0.716. The van der Waals surface area contributed by atoms with Crippen molar-refractivity contribution in [2.75, 3.05) is 0 Å². The molecule has 0 radical (unpaired) electrons. The Morgan fingerprint density at radius 1 is 0.600 bits per heavy atom. The number of benzene rings is 3. The summed E-state index contributed by atoms with van der Waals surface area (Å²) in [7, 11) is 0. The summed E-state index contributed by atoms with van der Waals surface area (Å²) >= 11 is 0. The van der Waals surface area contributed by atoms with E-state index in [2.05, 4.69) is 36.4 Å². The summed E-state index contributed by atoms with van der Waals surface area (Å²) in [4.78, 5) is 0. The third-order valence-electron chi connectivity index (χ3n) is 6.58. The predicted octanol–water partition coefficient (Wildman–Crippen LogP) is 5.67. The Morgan fingerprint density at radius 3 is 1.54 bits per heavy atom. The van der Waals surface area contributed by atoms with Gasteiger partial charge in [0.15, 0.2) is 5.79 Å². The van der Waals surface area contributed by atoms with Gasteiger partial charge < -0.3 is 23.7 Å². The van der Waals surface area contributed by atoms with Gasteiger partial charge in [-0.3, -0.25) is 0 Å². The summed E-state index contributed by atoms with van der Waals surface area (Å²) in [5, 5.41) is 0. The first kappa shape index (κ1) is 24.2. The molecule has 1 saturated heterocycles. The summed E-state index contributed by atoms with van der Waals surface area (Å²) in [6.45, 7) is 5.41. The average molecular weight is 475 g/mol. The van der Waals surface area contributed by atoms with Crippen molar-refractivity contribution >= 4 is 0 Å². The fourth-order valence-electron chi connectivity index (χ4n) is 4.92. The molecule has 5 rings (SSSR count). The first-order chi connectivity index (χ1) is 17.1. The number of hydrogen-bond acceptors (Lipinski definition) is 5. The van der Waals surface area contributed by atoms with Crippen LogP contribution in [0.2, 0.25) is 0 Å². The van der Waals surface area contributed by atoms with Crippen LogP contribution in [0.15, 0.2) is 91.0 Å². The van der Waals surface area contributed by atoms with E-state index < -0.39 is 5.79 Å². The van der Waals surface area contributed by atoms with Crippen LogP contribution in [-0.4, -0.2) is 36.3 Å². The van der Waals surface area contributed by atoms with E-state index in [0.717, 1.165) is 16.7 Å². The maximum Gasteiger partial charge on any atom is 0.164 e. The van der Waals surface area contributed by atoms with E-state index in [0.29, 0.717) is 26.2 Å². The molecule has 1 aliphatic carbocycles. The summed E-state index contributed by atoms with van der Waals surface area (Å²) in [5.41, 5.74) is 3.38. The summed E-state index contributed by atoms with van der Waals surface area (Å²) in [5.74, 6) is -0.716. The van der Waals surface area contributed by atoms with E-state index in [9.17, 15) is 0 Å². The minimum Gasteiger partial charge on any atom is -0.371 e. The molecule has 2 aliphatic rings. The average Bonchev–Trinajstić information content (AvgIpc) is 3.22. The van der Waals surface area contributed by atoms with Gasteiger partial charge >= 0.3 is 0 Å². The molecule has 35 heavy (non-hydrogen) atoms. The highest BCUT2D eigenvalue weighted by Crippen LogP contribution is 2.41. The molecule has 1 heterocycles. The van der Waals surface area contributed by atoms with E-state index in [4.69, 9.17) is 23.7 Å². The Morgan fingerprint density at radius 2 is 1.03 bits per heavy atom. The van der Waals surface area contributed by atoms with Crippen LogP contribution >= 0.6 is 0 Å². The molecule has 5 heteroatoms. The third kappa shape index (κ3) is 6.18. The van der Waals surface area contributed by atoms with Gasteiger partial charge in [0, 0.05) is 6.42 Å². The Kier molecular flexibility index (Phi) is 7.61. The normalized spacial score (nSPS) is 27.4. The quantitative estimate of drug-likeness (QED) is 0.400. The molecule has 2 unspecified atom stereocenters. The molecule has 184 valence electrons. The lowest BCUT2D eigenvalue weighted by atomic mass is 9.86. The molecule has 0 spiro atoms. The van der Waals surface area contributed by atoms with E-state index in [1.807, 2.05) is 68.4 Å². The third-order valence-corrected chi connectivity index (χ3v) is 6.58. The maximum atomic E-state index is 6.50. The molecule has 0 bridgehead atoms. The second-order valence-corrected chi connectivity index (χ2v) is 9.73. The number of fused-ring (bicyclic) bond motifs is 1. The van der Waals surface area contributed by atoms with E-state index in [1.165, 1.54) is 0 Å². The van der Waals surface area contributed by atoms with Crippen LogP contribution in [-0.2, 0) is 43.5 Å². The molecule has 5 atom stereocenters. The SMILES string of the molecule is CC1(C)OC2[C@H](O1)C(OCc1ccccc1)[C@H](OCc1ccccc1)C[C@H]2OCc1ccccc1. The van der Waals surface area contributed by atoms with Crippen molar-refractivity contribution in [3.63, 3.8) is 0 Å². The second-order valence-electron chi connectivity index (χ2n) is 9.73. The van der Waals surface area contributed by atoms with Crippen molar-refractivity contribution in [2.24, 2.45) is 0 Å². The lowest BCUT2D eigenvalue weighted by Crippen LogP contribution is -2.56. The van der Waals surface area contributed by atoms with Crippen LogP contribution < -0.4 is 0 Å². The topological polar surface area (TPSA) is 46.2 Å². The number of rotatable bonds is 9. The lowest BCUT2D eigenvalue weighted by Gasteiger charge is -2.41. The van der Waals surface area contributed by atoms with Crippen molar-refractivity contribution < 1.29 is 23.7 Å². The first-order valence-electron chi connectivity index (χ1n) is 12.4. The lowest BCUT2D eigenvalue weighted by molar-refractivity contribution is -0.193. The molecular formula is C30H34O5. The number of ether oxygens (including phenoxy) is 5. The fraction of sp³-hybridized carbons (Fsp3) is 0.400. The van der Waals surface area contributed by atoms with E-state index >= 15 is 0 Å². The maximum absolute atomic E-state index is 6.50. The Hall–Kier alpha value is -2.54. The van der Waals surface area contributed by atoms with Crippen LogP contribution in [0.25, 0.3) is 0 Å². The summed E-state index contributed by atoms with van der Waals surface area (Å²) < 4.78 is 32.2. The van der Waals surface area contributed by atoms with Gasteiger partial charge in [0.05, 0.1) is 32.0 Å². The molecule has 0 N–H and O–H groups in total. The Bertz CT molecular complexity index is 1040. The zero-order valence-corrected chi connectivity index (χ0v) is 20.4. The Balaban J connectivity index is 1.35. The zero-order valence-electron chi connectivity index (χ0n) is 20.4. The van der Waals surface area contributed by atoms with Gasteiger partial charge in [-0.2, -0.15) is 0 Å². The van der Waals surface area contributed by atoms with Crippen LogP contribution in [0.4, 0.5) is 0 Å². The van der Waals surface area contributed by atoms with E-state index in [-0.39, 0.29) is 30.5 Å². The van der Waals surface area contributed by atoms with E-state index in [1.54, 1.807) is 0 Å². The molecule has 0 aromatic heterocycles. The molecule has 1 saturated carbocycles. The highest BCUT2D eigenvalue weighted by molar-refractivity contribution is 5.16. The van der Waals surface area contributed by atoms with Gasteiger partial charge in [-0.25, -0.2) is 0 Å². The van der Waals surface area contributed by atoms with Crippen LogP contribution in [0.3, 0.4) is 0 Å². The molecule has 2 fully saturated rings. The molecular weight excluding hydrogens is 440 g/mol. The van der Waals surface area contributed by atoms with Gasteiger partial charge in [0.25, 0.3) is 0 Å². The first-order valence-corrected chi connectivity index (χ1v) is 12.4.